The van der Waals surface area contributed by atoms with E-state index in [0.717, 1.165) is 10.1 Å². The van der Waals surface area contributed by atoms with Crippen molar-refractivity contribution in [3.05, 3.63) is 63.6 Å². The molecule has 1 aromatic heterocycles. The Morgan fingerprint density at radius 1 is 1.23 bits per heavy atom. The number of hydrogen-bond donors (Lipinski definition) is 0. The van der Waals surface area contributed by atoms with Crippen LogP contribution >= 0.6 is 11.6 Å². The number of halogens is 1. The molecule has 0 fully saturated rings. The lowest BCUT2D eigenvalue weighted by molar-refractivity contribution is 0.0834. The molecule has 0 unspecified atom stereocenters. The molecule has 0 aliphatic heterocycles. The van der Waals surface area contributed by atoms with E-state index in [1.165, 1.54) is 0 Å². The third-order valence-electron chi connectivity index (χ3n) is 3.16. The number of carbonyl (C=O) groups is 1. The summed E-state index contributed by atoms with van der Waals surface area (Å²) in [5.41, 5.74) is 1.73. The van der Waals surface area contributed by atoms with E-state index in [0.29, 0.717) is 21.9 Å². The van der Waals surface area contributed by atoms with Crippen LogP contribution in [-0.4, -0.2) is 17.1 Å². The third-order valence-corrected chi connectivity index (χ3v) is 3.41. The molecule has 0 atom stereocenters. The van der Waals surface area contributed by atoms with Crippen LogP contribution in [0.2, 0.25) is 5.02 Å². The minimum absolute atomic E-state index is 0.274. The average Bonchev–Trinajstić information content (AvgIpc) is 2.81. The number of benzene rings is 2. The summed E-state index contributed by atoms with van der Waals surface area (Å²) in [6.45, 7) is 1.60. The Hall–Kier alpha value is -2.53. The molecule has 22 heavy (non-hydrogen) atoms. The van der Waals surface area contributed by atoms with Crippen molar-refractivity contribution in [3.8, 4) is 5.75 Å². The van der Waals surface area contributed by atoms with Gasteiger partial charge in [0.15, 0.2) is 12.2 Å². The fraction of sp³-hybridized carbons (Fsp3) is 0.125. The number of fused-ring (bicyclic) bond motifs is 1. The van der Waals surface area contributed by atoms with Crippen LogP contribution in [0, 0.1) is 6.92 Å². The van der Waals surface area contributed by atoms with Gasteiger partial charge in [0.25, 0.3) is 5.91 Å². The van der Waals surface area contributed by atoms with Gasteiger partial charge in [-0.2, -0.15) is 0 Å². The summed E-state index contributed by atoms with van der Waals surface area (Å²) < 4.78 is 11.4. The highest BCUT2D eigenvalue weighted by molar-refractivity contribution is 6.30. The van der Waals surface area contributed by atoms with E-state index in [1.54, 1.807) is 36.4 Å². The molecular formula is C16H12ClNO4. The monoisotopic (exact) mass is 317 g/mol. The second kappa shape index (κ2) is 5.69. The predicted octanol–water partition coefficient (Wildman–Crippen LogP) is 3.28. The number of aromatic nitrogens is 1. The van der Waals surface area contributed by atoms with E-state index in [-0.39, 0.29) is 6.61 Å². The summed E-state index contributed by atoms with van der Waals surface area (Å²) in [6, 6.07) is 11.8. The van der Waals surface area contributed by atoms with E-state index in [9.17, 15) is 9.59 Å². The Kier molecular flexibility index (Phi) is 3.73. The Morgan fingerprint density at radius 2 is 1.95 bits per heavy atom. The summed E-state index contributed by atoms with van der Waals surface area (Å²) in [7, 11) is 0. The molecule has 0 aliphatic rings. The minimum Gasteiger partial charge on any atom is -0.484 e. The minimum atomic E-state index is -0.717. The van der Waals surface area contributed by atoms with E-state index in [1.807, 2.05) is 13.0 Å². The first-order valence-electron chi connectivity index (χ1n) is 6.58. The van der Waals surface area contributed by atoms with Crippen molar-refractivity contribution in [2.45, 2.75) is 6.92 Å². The highest BCUT2D eigenvalue weighted by Crippen LogP contribution is 2.17. The molecule has 6 heteroatoms. The normalized spacial score (nSPS) is 10.8. The lowest BCUT2D eigenvalue weighted by atomic mass is 10.2. The summed E-state index contributed by atoms with van der Waals surface area (Å²) in [4.78, 5) is 24.1. The fourth-order valence-corrected chi connectivity index (χ4v) is 2.23. The van der Waals surface area contributed by atoms with E-state index < -0.39 is 11.7 Å². The number of aryl methyl sites for hydroxylation is 1. The van der Waals surface area contributed by atoms with Crippen molar-refractivity contribution < 1.29 is 13.9 Å². The topological polar surface area (TPSA) is 61.4 Å². The Bertz CT molecular complexity index is 893. The molecule has 112 valence electrons. The molecule has 2 aromatic carbocycles. The summed E-state index contributed by atoms with van der Waals surface area (Å²) >= 11 is 5.78. The molecule has 0 aliphatic carbocycles. The molecule has 0 amide bonds. The maximum Gasteiger partial charge on any atom is 0.426 e. The molecule has 5 nitrogen and oxygen atoms in total. The fourth-order valence-electron chi connectivity index (χ4n) is 2.10. The Labute approximate surface area is 130 Å². The van der Waals surface area contributed by atoms with Crippen molar-refractivity contribution in [3.63, 3.8) is 0 Å². The summed E-state index contributed by atoms with van der Waals surface area (Å²) in [5.74, 6) is -0.718. The van der Waals surface area contributed by atoms with E-state index in [4.69, 9.17) is 20.8 Å². The van der Waals surface area contributed by atoms with Gasteiger partial charge in [0.05, 0.1) is 5.52 Å². The van der Waals surface area contributed by atoms with Crippen molar-refractivity contribution in [2.75, 3.05) is 6.61 Å². The van der Waals surface area contributed by atoms with Crippen molar-refractivity contribution in [2.24, 2.45) is 0 Å². The molecule has 0 radical (unpaired) electrons. The van der Waals surface area contributed by atoms with Crippen molar-refractivity contribution >= 4 is 28.6 Å². The van der Waals surface area contributed by atoms with Gasteiger partial charge in [-0.1, -0.05) is 17.7 Å². The van der Waals surface area contributed by atoms with E-state index in [2.05, 4.69) is 0 Å². The SMILES string of the molecule is Cc1ccc2oc(=O)n(C(=O)COc3ccc(Cl)cc3)c2c1. The van der Waals surface area contributed by atoms with Gasteiger partial charge in [-0.15, -0.1) is 0 Å². The zero-order valence-electron chi connectivity index (χ0n) is 11.7. The van der Waals surface area contributed by atoms with Gasteiger partial charge in [0.1, 0.15) is 5.75 Å². The zero-order chi connectivity index (χ0) is 15.7. The van der Waals surface area contributed by atoms with Crippen LogP contribution < -0.4 is 10.5 Å². The second-order valence-electron chi connectivity index (χ2n) is 4.81. The Morgan fingerprint density at radius 3 is 2.68 bits per heavy atom. The first-order valence-corrected chi connectivity index (χ1v) is 6.96. The van der Waals surface area contributed by atoms with Gasteiger partial charge in [0.2, 0.25) is 0 Å². The predicted molar refractivity (Wildman–Crippen MR) is 82.8 cm³/mol. The molecule has 0 N–H and O–H groups in total. The number of ether oxygens (including phenoxy) is 1. The Balaban J connectivity index is 1.86. The summed E-state index contributed by atoms with van der Waals surface area (Å²) in [5, 5.41) is 0.575. The molecular weight excluding hydrogens is 306 g/mol. The van der Waals surface area contributed by atoms with Gasteiger partial charge in [-0.25, -0.2) is 9.36 Å². The molecule has 1 heterocycles. The van der Waals surface area contributed by atoms with Gasteiger partial charge in [0, 0.05) is 5.02 Å². The standard InChI is InChI=1S/C16H12ClNO4/c1-10-2-7-14-13(8-10)18(16(20)22-14)15(19)9-21-12-5-3-11(17)4-6-12/h2-8H,9H2,1H3. The van der Waals surface area contributed by atoms with Crippen LogP contribution in [0.3, 0.4) is 0 Å². The molecule has 0 bridgehead atoms. The second-order valence-corrected chi connectivity index (χ2v) is 5.25. The van der Waals surface area contributed by atoms with Crippen LogP contribution in [0.5, 0.6) is 5.75 Å². The summed E-state index contributed by atoms with van der Waals surface area (Å²) in [6.07, 6.45) is 0. The van der Waals surface area contributed by atoms with Crippen LogP contribution in [-0.2, 0) is 0 Å². The quantitative estimate of drug-likeness (QED) is 0.743. The molecule has 0 saturated carbocycles. The maximum atomic E-state index is 12.2. The van der Waals surface area contributed by atoms with Gasteiger partial charge >= 0.3 is 5.76 Å². The molecule has 3 aromatic rings. The first-order chi connectivity index (χ1) is 10.5. The largest absolute Gasteiger partial charge is 0.484 e. The number of nitrogens with zero attached hydrogens (tertiary/aromatic N) is 1. The van der Waals surface area contributed by atoms with E-state index >= 15 is 0 Å². The highest BCUT2D eigenvalue weighted by atomic mass is 35.5. The maximum absolute atomic E-state index is 12.2. The lowest BCUT2D eigenvalue weighted by Crippen LogP contribution is -2.27. The number of rotatable bonds is 3. The number of carbonyl (C=O) groups excluding carboxylic acids is 1. The van der Waals surface area contributed by atoms with Crippen molar-refractivity contribution in [1.29, 1.82) is 0 Å². The smallest absolute Gasteiger partial charge is 0.426 e. The van der Waals surface area contributed by atoms with Crippen LogP contribution in [0.25, 0.3) is 11.1 Å². The zero-order valence-corrected chi connectivity index (χ0v) is 12.5. The molecule has 0 saturated heterocycles. The number of oxazole rings is 1. The first kappa shape index (κ1) is 14.4. The average molecular weight is 318 g/mol. The third kappa shape index (κ3) is 2.76. The molecule has 0 spiro atoms. The van der Waals surface area contributed by atoms with Crippen LogP contribution in [0.4, 0.5) is 0 Å². The lowest BCUT2D eigenvalue weighted by Gasteiger charge is -2.05. The number of hydrogen-bond acceptors (Lipinski definition) is 4. The van der Waals surface area contributed by atoms with Crippen LogP contribution in [0.15, 0.2) is 51.7 Å². The van der Waals surface area contributed by atoms with Crippen LogP contribution in [0.1, 0.15) is 10.4 Å². The van der Waals surface area contributed by atoms with Crippen molar-refractivity contribution in [1.82, 2.24) is 4.57 Å². The van der Waals surface area contributed by atoms with Gasteiger partial charge < -0.3 is 9.15 Å². The van der Waals surface area contributed by atoms with Gasteiger partial charge in [-0.05, 0) is 48.9 Å². The van der Waals surface area contributed by atoms with Gasteiger partial charge in [-0.3, -0.25) is 4.79 Å². The molecule has 3 rings (SSSR count). The highest BCUT2D eigenvalue weighted by Gasteiger charge is 2.16.